The second-order valence-corrected chi connectivity index (χ2v) is 4.40. The molecule has 0 saturated carbocycles. The van der Waals surface area contributed by atoms with Crippen LogP contribution in [-0.2, 0) is 5.88 Å². The lowest BCUT2D eigenvalue weighted by Crippen LogP contribution is -2.00. The van der Waals surface area contributed by atoms with Gasteiger partial charge < -0.3 is 4.74 Å². The number of alkyl halides is 1. The standard InChI is InChI=1S/C10H12Cl2OS/c1-14-5-4-13-10-3-2-8(7-11)6-9(10)12/h2-3,6H,4-5,7H2,1H3. The van der Waals surface area contributed by atoms with Crippen molar-refractivity contribution < 1.29 is 4.74 Å². The zero-order chi connectivity index (χ0) is 10.4. The Bertz CT molecular complexity index is 291. The third-order valence-corrected chi connectivity index (χ3v) is 2.87. The summed E-state index contributed by atoms with van der Waals surface area (Å²) in [6.45, 7) is 0.682. The zero-order valence-electron chi connectivity index (χ0n) is 7.93. The average molecular weight is 251 g/mol. The van der Waals surface area contributed by atoms with Crippen LogP contribution in [0.15, 0.2) is 18.2 Å². The molecular formula is C10H12Cl2OS. The number of hydrogen-bond acceptors (Lipinski definition) is 2. The third kappa shape index (κ3) is 3.60. The van der Waals surface area contributed by atoms with Crippen molar-refractivity contribution in [1.29, 1.82) is 0 Å². The molecule has 0 bridgehead atoms. The molecule has 14 heavy (non-hydrogen) atoms. The summed E-state index contributed by atoms with van der Waals surface area (Å²) in [6, 6.07) is 5.62. The van der Waals surface area contributed by atoms with Gasteiger partial charge in [-0.05, 0) is 24.0 Å². The van der Waals surface area contributed by atoms with E-state index in [4.69, 9.17) is 27.9 Å². The summed E-state index contributed by atoms with van der Waals surface area (Å²) in [5.74, 6) is 2.17. The molecule has 0 radical (unpaired) electrons. The summed E-state index contributed by atoms with van der Waals surface area (Å²) in [6.07, 6.45) is 2.04. The molecule has 0 aliphatic carbocycles. The average Bonchev–Trinajstić information content (AvgIpc) is 2.20. The minimum atomic E-state index is 0.477. The minimum Gasteiger partial charge on any atom is -0.491 e. The summed E-state index contributed by atoms with van der Waals surface area (Å²) < 4.78 is 5.48. The Morgan fingerprint density at radius 1 is 1.43 bits per heavy atom. The predicted octanol–water partition coefficient (Wildman–Crippen LogP) is 3.82. The van der Waals surface area contributed by atoms with Gasteiger partial charge in [0.2, 0.25) is 0 Å². The summed E-state index contributed by atoms with van der Waals surface area (Å²) >= 11 is 13.4. The van der Waals surface area contributed by atoms with Crippen molar-refractivity contribution in [3.63, 3.8) is 0 Å². The summed E-state index contributed by atoms with van der Waals surface area (Å²) in [5.41, 5.74) is 1.01. The van der Waals surface area contributed by atoms with E-state index in [2.05, 4.69) is 0 Å². The smallest absolute Gasteiger partial charge is 0.137 e. The van der Waals surface area contributed by atoms with Crippen LogP contribution in [0.25, 0.3) is 0 Å². The van der Waals surface area contributed by atoms with E-state index in [0.717, 1.165) is 17.1 Å². The molecule has 0 aliphatic heterocycles. The van der Waals surface area contributed by atoms with Gasteiger partial charge in [0.15, 0.2) is 0 Å². The Hall–Kier alpha value is -0.0500. The first-order chi connectivity index (χ1) is 6.77. The van der Waals surface area contributed by atoms with Gasteiger partial charge in [-0.3, -0.25) is 0 Å². The van der Waals surface area contributed by atoms with Crippen LogP contribution < -0.4 is 4.74 Å². The van der Waals surface area contributed by atoms with Crippen LogP contribution in [0.4, 0.5) is 0 Å². The molecule has 0 unspecified atom stereocenters. The highest BCUT2D eigenvalue weighted by Gasteiger charge is 2.01. The molecule has 0 amide bonds. The quantitative estimate of drug-likeness (QED) is 0.581. The maximum Gasteiger partial charge on any atom is 0.137 e. The Labute approximate surface area is 98.7 Å². The lowest BCUT2D eigenvalue weighted by Gasteiger charge is -2.07. The fourth-order valence-electron chi connectivity index (χ4n) is 0.979. The number of rotatable bonds is 5. The van der Waals surface area contributed by atoms with E-state index < -0.39 is 0 Å². The van der Waals surface area contributed by atoms with Crippen LogP contribution in [0.1, 0.15) is 5.56 Å². The van der Waals surface area contributed by atoms with Crippen LogP contribution >= 0.6 is 35.0 Å². The van der Waals surface area contributed by atoms with Gasteiger partial charge in [0.25, 0.3) is 0 Å². The molecule has 0 aliphatic rings. The van der Waals surface area contributed by atoms with Gasteiger partial charge in [-0.1, -0.05) is 17.7 Å². The summed E-state index contributed by atoms with van der Waals surface area (Å²) in [7, 11) is 0. The molecule has 0 N–H and O–H groups in total. The topological polar surface area (TPSA) is 9.23 Å². The van der Waals surface area contributed by atoms with Crippen molar-refractivity contribution >= 4 is 35.0 Å². The van der Waals surface area contributed by atoms with Crippen LogP contribution in [0.2, 0.25) is 5.02 Å². The van der Waals surface area contributed by atoms with Gasteiger partial charge in [-0.25, -0.2) is 0 Å². The molecule has 0 fully saturated rings. The molecule has 0 spiro atoms. The fourth-order valence-corrected chi connectivity index (χ4v) is 1.65. The maximum atomic E-state index is 6.00. The highest BCUT2D eigenvalue weighted by molar-refractivity contribution is 7.98. The Morgan fingerprint density at radius 2 is 2.21 bits per heavy atom. The van der Waals surface area contributed by atoms with E-state index in [-0.39, 0.29) is 0 Å². The molecule has 0 aromatic heterocycles. The van der Waals surface area contributed by atoms with Crippen LogP contribution in [0.5, 0.6) is 5.75 Å². The molecule has 1 aromatic carbocycles. The highest BCUT2D eigenvalue weighted by atomic mass is 35.5. The largest absolute Gasteiger partial charge is 0.491 e. The fraction of sp³-hybridized carbons (Fsp3) is 0.400. The number of thioether (sulfide) groups is 1. The van der Waals surface area contributed by atoms with Crippen molar-refractivity contribution in [3.8, 4) is 5.75 Å². The molecule has 0 heterocycles. The van der Waals surface area contributed by atoms with E-state index in [1.165, 1.54) is 0 Å². The second kappa shape index (κ2) is 6.44. The number of ether oxygens (including phenoxy) is 1. The molecule has 1 nitrogen and oxygen atoms in total. The van der Waals surface area contributed by atoms with Crippen LogP contribution in [-0.4, -0.2) is 18.6 Å². The second-order valence-electron chi connectivity index (χ2n) is 2.74. The lowest BCUT2D eigenvalue weighted by atomic mass is 10.2. The molecule has 78 valence electrons. The summed E-state index contributed by atoms with van der Waals surface area (Å²) in [4.78, 5) is 0. The van der Waals surface area contributed by atoms with Crippen LogP contribution in [0.3, 0.4) is 0 Å². The molecule has 1 aromatic rings. The van der Waals surface area contributed by atoms with Crippen LogP contribution in [0, 0.1) is 0 Å². The molecular weight excluding hydrogens is 239 g/mol. The van der Waals surface area contributed by atoms with Gasteiger partial charge in [0.05, 0.1) is 11.6 Å². The first kappa shape index (κ1) is 12.0. The zero-order valence-corrected chi connectivity index (χ0v) is 10.3. The predicted molar refractivity (Wildman–Crippen MR) is 64.9 cm³/mol. The van der Waals surface area contributed by atoms with Gasteiger partial charge in [0.1, 0.15) is 5.75 Å². The maximum absolute atomic E-state index is 6.00. The van der Waals surface area contributed by atoms with E-state index in [1.54, 1.807) is 11.8 Å². The van der Waals surface area contributed by atoms with E-state index in [1.807, 2.05) is 24.5 Å². The molecule has 4 heteroatoms. The van der Waals surface area contributed by atoms with Gasteiger partial charge in [-0.15, -0.1) is 11.6 Å². The van der Waals surface area contributed by atoms with E-state index in [0.29, 0.717) is 17.5 Å². The number of benzene rings is 1. The SMILES string of the molecule is CSCCOc1ccc(CCl)cc1Cl. The third-order valence-electron chi connectivity index (χ3n) is 1.70. The normalized spacial score (nSPS) is 10.2. The first-order valence-electron chi connectivity index (χ1n) is 4.24. The summed E-state index contributed by atoms with van der Waals surface area (Å²) in [5, 5.41) is 0.629. The van der Waals surface area contributed by atoms with Crippen molar-refractivity contribution in [3.05, 3.63) is 28.8 Å². The Morgan fingerprint density at radius 3 is 2.79 bits per heavy atom. The number of hydrogen-bond donors (Lipinski definition) is 0. The van der Waals surface area contributed by atoms with Gasteiger partial charge in [-0.2, -0.15) is 11.8 Å². The first-order valence-corrected chi connectivity index (χ1v) is 6.54. The molecule has 1 rings (SSSR count). The Kier molecular flexibility index (Phi) is 5.53. The van der Waals surface area contributed by atoms with E-state index in [9.17, 15) is 0 Å². The van der Waals surface area contributed by atoms with Gasteiger partial charge in [0, 0.05) is 11.6 Å². The van der Waals surface area contributed by atoms with Crippen molar-refractivity contribution in [2.24, 2.45) is 0 Å². The van der Waals surface area contributed by atoms with E-state index >= 15 is 0 Å². The lowest BCUT2D eigenvalue weighted by molar-refractivity contribution is 0.344. The Balaban J connectivity index is 2.59. The minimum absolute atomic E-state index is 0.477. The monoisotopic (exact) mass is 250 g/mol. The van der Waals surface area contributed by atoms with Crippen molar-refractivity contribution in [1.82, 2.24) is 0 Å². The van der Waals surface area contributed by atoms with Gasteiger partial charge >= 0.3 is 0 Å². The van der Waals surface area contributed by atoms with Crippen molar-refractivity contribution in [2.75, 3.05) is 18.6 Å². The molecule has 0 saturated heterocycles. The highest BCUT2D eigenvalue weighted by Crippen LogP contribution is 2.26. The number of halogens is 2. The van der Waals surface area contributed by atoms with Crippen molar-refractivity contribution in [2.45, 2.75) is 5.88 Å². The molecule has 0 atom stereocenters.